The second-order valence-electron chi connectivity index (χ2n) is 5.56. The van der Waals surface area contributed by atoms with Crippen LogP contribution in [0.2, 0.25) is 5.02 Å². The second-order valence-corrected chi connectivity index (χ2v) is 7.00. The normalized spacial score (nSPS) is 20.7. The zero-order valence-electron chi connectivity index (χ0n) is 12.5. The largest absolute Gasteiger partial charge is 0.369 e. The number of nitrogens with zero attached hydrogens (tertiary/aromatic N) is 1. The van der Waals surface area contributed by atoms with Gasteiger partial charge in [0.25, 0.3) is 0 Å². The first-order valence-electron chi connectivity index (χ1n) is 7.41. The molecule has 0 bridgehead atoms. The highest BCUT2D eigenvalue weighted by Gasteiger charge is 2.42. The van der Waals surface area contributed by atoms with E-state index in [1.54, 1.807) is 23.6 Å². The molecule has 1 aliphatic rings. The first kappa shape index (κ1) is 16.0. The number of hydrogen-bond acceptors (Lipinski definition) is 3. The van der Waals surface area contributed by atoms with Gasteiger partial charge in [0.1, 0.15) is 0 Å². The van der Waals surface area contributed by atoms with Crippen molar-refractivity contribution in [2.45, 2.75) is 24.3 Å². The van der Waals surface area contributed by atoms with Crippen LogP contribution >= 0.6 is 22.9 Å². The van der Waals surface area contributed by atoms with Crippen LogP contribution in [0.5, 0.6) is 0 Å². The fourth-order valence-electron chi connectivity index (χ4n) is 3.05. The number of allylic oxidation sites excluding steroid dienone is 1. The van der Waals surface area contributed by atoms with Crippen LogP contribution < -0.4 is 5.73 Å². The number of amides is 1. The Labute approximate surface area is 144 Å². The number of carbonyl (C=O) groups is 1. The molecule has 0 saturated carbocycles. The van der Waals surface area contributed by atoms with Gasteiger partial charge >= 0.3 is 0 Å². The van der Waals surface area contributed by atoms with E-state index in [-0.39, 0.29) is 0 Å². The van der Waals surface area contributed by atoms with Gasteiger partial charge in [0, 0.05) is 16.1 Å². The molecule has 1 amide bonds. The molecule has 2 atom stereocenters. The van der Waals surface area contributed by atoms with E-state index in [9.17, 15) is 4.79 Å². The van der Waals surface area contributed by atoms with Gasteiger partial charge in [-0.15, -0.1) is 11.3 Å². The van der Waals surface area contributed by atoms with Gasteiger partial charge in [-0.3, -0.25) is 9.79 Å². The van der Waals surface area contributed by atoms with Crippen molar-refractivity contribution in [3.8, 4) is 0 Å². The van der Waals surface area contributed by atoms with Gasteiger partial charge in [-0.2, -0.15) is 0 Å². The summed E-state index contributed by atoms with van der Waals surface area (Å²) in [6, 6.07) is 11.5. The Hall–Kier alpha value is -1.91. The summed E-state index contributed by atoms with van der Waals surface area (Å²) in [5, 5.41) is 2.59. The maximum Gasteiger partial charge on any atom is 0.227 e. The van der Waals surface area contributed by atoms with Gasteiger partial charge in [0.2, 0.25) is 5.91 Å². The Morgan fingerprint density at radius 2 is 2.13 bits per heavy atom. The Kier molecular flexibility index (Phi) is 4.64. The third kappa shape index (κ3) is 3.23. The number of rotatable bonds is 6. The molecule has 2 aromatic rings. The predicted octanol–water partition coefficient (Wildman–Crippen LogP) is 3.98. The van der Waals surface area contributed by atoms with Crippen LogP contribution in [0.1, 0.15) is 22.8 Å². The number of benzene rings is 1. The Morgan fingerprint density at radius 1 is 1.30 bits per heavy atom. The quantitative estimate of drug-likeness (QED) is 0.846. The lowest BCUT2D eigenvalue weighted by atomic mass is 9.76. The summed E-state index contributed by atoms with van der Waals surface area (Å²) in [6.45, 7) is 0. The zero-order valence-corrected chi connectivity index (χ0v) is 14.1. The summed E-state index contributed by atoms with van der Waals surface area (Å²) in [5.74, 6) is -0.987. The van der Waals surface area contributed by atoms with Crippen molar-refractivity contribution < 1.29 is 4.79 Å². The third-order valence-electron chi connectivity index (χ3n) is 4.14. The average Bonchev–Trinajstić information content (AvgIpc) is 3.19. The molecule has 0 spiro atoms. The molecule has 2 heterocycles. The molecule has 0 fully saturated rings. The number of halogens is 1. The van der Waals surface area contributed by atoms with Crippen molar-refractivity contribution in [2.75, 3.05) is 0 Å². The molecule has 3 rings (SSSR count). The molecule has 0 radical (unpaired) electrons. The summed E-state index contributed by atoms with van der Waals surface area (Å²) < 4.78 is 0. The molecule has 2 N–H and O–H groups in total. The molecule has 1 aliphatic heterocycles. The van der Waals surface area contributed by atoms with Gasteiger partial charge in [0.05, 0.1) is 11.5 Å². The number of carbonyl (C=O) groups excluding carboxylic acids is 1. The van der Waals surface area contributed by atoms with Gasteiger partial charge in [-0.25, -0.2) is 0 Å². The highest BCUT2D eigenvalue weighted by Crippen LogP contribution is 2.41. The van der Waals surface area contributed by atoms with Gasteiger partial charge in [-0.05, 0) is 42.0 Å². The first-order valence-corrected chi connectivity index (χ1v) is 8.67. The summed E-state index contributed by atoms with van der Waals surface area (Å²) in [7, 11) is 0. The maximum atomic E-state index is 12.3. The van der Waals surface area contributed by atoms with Crippen molar-refractivity contribution in [3.63, 3.8) is 0 Å². The third-order valence-corrected chi connectivity index (χ3v) is 5.42. The van der Waals surface area contributed by atoms with Crippen molar-refractivity contribution >= 4 is 35.1 Å². The topological polar surface area (TPSA) is 55.5 Å². The zero-order chi connectivity index (χ0) is 16.3. The van der Waals surface area contributed by atoms with Crippen LogP contribution in [0.25, 0.3) is 0 Å². The van der Waals surface area contributed by atoms with E-state index in [1.807, 2.05) is 36.4 Å². The van der Waals surface area contributed by atoms with Crippen molar-refractivity contribution in [2.24, 2.45) is 10.7 Å². The van der Waals surface area contributed by atoms with E-state index in [2.05, 4.69) is 16.4 Å². The Morgan fingerprint density at radius 3 is 2.74 bits per heavy atom. The molecule has 23 heavy (non-hydrogen) atoms. The van der Waals surface area contributed by atoms with Crippen LogP contribution in [-0.2, 0) is 11.2 Å². The number of aryl methyl sites for hydroxylation is 1. The fourth-order valence-corrected chi connectivity index (χ4v) is 4.01. The second kappa shape index (κ2) is 6.69. The summed E-state index contributed by atoms with van der Waals surface area (Å²) in [6.07, 6.45) is 7.13. The molecule has 118 valence electrons. The molecule has 3 nitrogen and oxygen atoms in total. The van der Waals surface area contributed by atoms with Gasteiger partial charge in [0.15, 0.2) is 0 Å². The van der Waals surface area contributed by atoms with E-state index >= 15 is 0 Å². The van der Waals surface area contributed by atoms with Crippen LogP contribution in [0.15, 0.2) is 58.9 Å². The Balaban J connectivity index is 1.97. The summed E-state index contributed by atoms with van der Waals surface area (Å²) in [5.41, 5.74) is 5.82. The van der Waals surface area contributed by atoms with Gasteiger partial charge in [-0.1, -0.05) is 41.9 Å². The van der Waals surface area contributed by atoms with E-state index in [0.29, 0.717) is 11.4 Å². The summed E-state index contributed by atoms with van der Waals surface area (Å²) >= 11 is 8.03. The van der Waals surface area contributed by atoms with E-state index in [0.717, 1.165) is 12.0 Å². The minimum atomic E-state index is -0.666. The van der Waals surface area contributed by atoms with E-state index in [4.69, 9.17) is 17.3 Å². The number of hydrogen-bond donors (Lipinski definition) is 1. The van der Waals surface area contributed by atoms with Crippen molar-refractivity contribution in [1.82, 2.24) is 0 Å². The molecule has 0 aliphatic carbocycles. The minimum absolute atomic E-state index is 0.409. The number of thiophene rings is 1. The SMILES string of the molecule is NC(=O)C(c1ccccc1Cl)C1(CCc2cccs2)C=CC=N1. The molecule has 1 aromatic carbocycles. The van der Waals surface area contributed by atoms with Crippen LogP contribution in [0.4, 0.5) is 0 Å². The van der Waals surface area contributed by atoms with Crippen molar-refractivity contribution in [3.05, 3.63) is 69.4 Å². The lowest BCUT2D eigenvalue weighted by Gasteiger charge is -2.32. The smallest absolute Gasteiger partial charge is 0.227 e. The lowest BCUT2D eigenvalue weighted by molar-refractivity contribution is -0.120. The minimum Gasteiger partial charge on any atom is -0.369 e. The molecular weight excluding hydrogens is 328 g/mol. The lowest BCUT2D eigenvalue weighted by Crippen LogP contribution is -2.40. The molecule has 5 heteroatoms. The Bertz CT molecular complexity index is 740. The average molecular weight is 345 g/mol. The van der Waals surface area contributed by atoms with E-state index < -0.39 is 17.4 Å². The van der Waals surface area contributed by atoms with Crippen LogP contribution in [-0.4, -0.2) is 17.7 Å². The fraction of sp³-hybridized carbons (Fsp3) is 0.222. The monoisotopic (exact) mass is 344 g/mol. The molecule has 2 unspecified atom stereocenters. The number of nitrogens with two attached hydrogens (primary N) is 1. The highest BCUT2D eigenvalue weighted by atomic mass is 35.5. The first-order chi connectivity index (χ1) is 11.1. The molecule has 1 aromatic heterocycles. The van der Waals surface area contributed by atoms with E-state index in [1.165, 1.54) is 4.88 Å². The maximum absolute atomic E-state index is 12.3. The van der Waals surface area contributed by atoms with Crippen LogP contribution in [0, 0.1) is 0 Å². The standard InChI is InChI=1S/C18H17ClN2OS/c19-15-7-2-1-6-14(15)16(17(20)22)18(9-4-11-21-18)10-8-13-5-3-12-23-13/h1-7,9,11-12,16H,8,10H2,(H2,20,22). The molecule has 0 saturated heterocycles. The van der Waals surface area contributed by atoms with Crippen LogP contribution in [0.3, 0.4) is 0 Å². The number of aliphatic imine (C=N–C) groups is 1. The highest BCUT2D eigenvalue weighted by molar-refractivity contribution is 7.09. The predicted molar refractivity (Wildman–Crippen MR) is 96.4 cm³/mol. The number of primary amides is 1. The molecular formula is C18H17ClN2OS. The van der Waals surface area contributed by atoms with Gasteiger partial charge < -0.3 is 5.73 Å². The van der Waals surface area contributed by atoms with Crippen molar-refractivity contribution in [1.29, 1.82) is 0 Å². The summed E-state index contributed by atoms with van der Waals surface area (Å²) in [4.78, 5) is 18.1.